The molecule has 0 atom stereocenters. The first-order valence-electron chi connectivity index (χ1n) is 5.33. The molecule has 2 heterocycles. The van der Waals surface area contributed by atoms with Crippen LogP contribution in [0.4, 0.5) is 18.0 Å². The first-order valence-corrected chi connectivity index (χ1v) is 5.33. The topological polar surface area (TPSA) is 98.7 Å². The van der Waals surface area contributed by atoms with E-state index in [4.69, 9.17) is 9.90 Å². The molecular weight excluding hydrogens is 271 g/mol. The van der Waals surface area contributed by atoms with Crippen LogP contribution in [-0.4, -0.2) is 59.8 Å². The quantitative estimate of drug-likeness (QED) is 0.604. The van der Waals surface area contributed by atoms with Gasteiger partial charge in [0.05, 0.1) is 6.04 Å². The molecule has 2 rings (SSSR count). The summed E-state index contributed by atoms with van der Waals surface area (Å²) >= 11 is 0. The molecule has 3 amide bonds. The number of aliphatic carboxylic acids is 1. The summed E-state index contributed by atoms with van der Waals surface area (Å²) in [5.41, 5.74) is 0. The van der Waals surface area contributed by atoms with Gasteiger partial charge in [0.2, 0.25) is 5.91 Å². The molecule has 7 nitrogen and oxygen atoms in total. The number of nitrogens with one attached hydrogen (secondary N) is 2. The van der Waals surface area contributed by atoms with Crippen LogP contribution in [0.3, 0.4) is 0 Å². The minimum Gasteiger partial charge on any atom is -0.475 e. The van der Waals surface area contributed by atoms with E-state index in [1.165, 1.54) is 0 Å². The van der Waals surface area contributed by atoms with Crippen molar-refractivity contribution < 1.29 is 32.7 Å². The summed E-state index contributed by atoms with van der Waals surface area (Å²) in [5.74, 6) is -2.92. The highest BCUT2D eigenvalue weighted by atomic mass is 19.4. The van der Waals surface area contributed by atoms with Gasteiger partial charge in [0.1, 0.15) is 0 Å². The third-order valence-electron chi connectivity index (χ3n) is 2.53. The molecule has 0 radical (unpaired) electrons. The van der Waals surface area contributed by atoms with Crippen LogP contribution in [0.25, 0.3) is 0 Å². The van der Waals surface area contributed by atoms with E-state index < -0.39 is 12.1 Å². The largest absolute Gasteiger partial charge is 0.490 e. The van der Waals surface area contributed by atoms with Crippen LogP contribution in [0.5, 0.6) is 0 Å². The maximum Gasteiger partial charge on any atom is 0.490 e. The number of carboxylic acid groups (broad SMARTS) is 1. The maximum absolute atomic E-state index is 11.2. The Morgan fingerprint density at radius 1 is 1.32 bits per heavy atom. The Morgan fingerprint density at radius 2 is 1.84 bits per heavy atom. The van der Waals surface area contributed by atoms with Gasteiger partial charge in [0, 0.05) is 26.1 Å². The molecule has 3 N–H and O–H groups in total. The molecule has 0 aromatic rings. The number of nitrogens with zero attached hydrogens (tertiary/aromatic N) is 1. The van der Waals surface area contributed by atoms with E-state index in [9.17, 15) is 22.8 Å². The highest BCUT2D eigenvalue weighted by Gasteiger charge is 2.38. The summed E-state index contributed by atoms with van der Waals surface area (Å²) in [7, 11) is 0. The summed E-state index contributed by atoms with van der Waals surface area (Å²) in [4.78, 5) is 32.6. The smallest absolute Gasteiger partial charge is 0.475 e. The van der Waals surface area contributed by atoms with Crippen LogP contribution < -0.4 is 10.6 Å². The Kier molecular flexibility index (Phi) is 4.70. The predicted molar refractivity (Wildman–Crippen MR) is 55.2 cm³/mol. The van der Waals surface area contributed by atoms with Crippen molar-refractivity contribution in [2.24, 2.45) is 0 Å². The molecule has 2 saturated heterocycles. The number of alkyl halides is 3. The van der Waals surface area contributed by atoms with E-state index in [1.54, 1.807) is 4.90 Å². The van der Waals surface area contributed by atoms with Gasteiger partial charge in [-0.15, -0.1) is 0 Å². The zero-order valence-electron chi connectivity index (χ0n) is 9.66. The number of hydrogen-bond acceptors (Lipinski definition) is 4. The molecule has 2 aliphatic rings. The highest BCUT2D eigenvalue weighted by Crippen LogP contribution is 2.13. The van der Waals surface area contributed by atoms with Crippen LogP contribution in [0, 0.1) is 0 Å². The van der Waals surface area contributed by atoms with E-state index in [2.05, 4.69) is 10.6 Å². The summed E-state index contributed by atoms with van der Waals surface area (Å²) in [6.07, 6.45) is -4.65. The van der Waals surface area contributed by atoms with Crippen molar-refractivity contribution in [3.63, 3.8) is 0 Å². The molecule has 19 heavy (non-hydrogen) atoms. The number of hydrogen-bond donors (Lipinski definition) is 3. The van der Waals surface area contributed by atoms with Gasteiger partial charge in [-0.1, -0.05) is 0 Å². The second-order valence-corrected chi connectivity index (χ2v) is 3.91. The SMILES string of the molecule is O=C(O)C(F)(F)F.O=C1CCN(C2CNC2)C(=O)N1. The van der Waals surface area contributed by atoms with Crippen molar-refractivity contribution in [3.8, 4) is 0 Å². The molecule has 2 aliphatic heterocycles. The van der Waals surface area contributed by atoms with Crippen LogP contribution in [0.1, 0.15) is 6.42 Å². The van der Waals surface area contributed by atoms with Crippen molar-refractivity contribution in [1.82, 2.24) is 15.5 Å². The van der Waals surface area contributed by atoms with E-state index in [0.29, 0.717) is 13.0 Å². The average Bonchev–Trinajstić information content (AvgIpc) is 2.19. The molecule has 0 unspecified atom stereocenters. The van der Waals surface area contributed by atoms with Crippen molar-refractivity contribution in [3.05, 3.63) is 0 Å². The number of urea groups is 1. The van der Waals surface area contributed by atoms with Crippen LogP contribution in [-0.2, 0) is 9.59 Å². The van der Waals surface area contributed by atoms with Crippen molar-refractivity contribution in [1.29, 1.82) is 0 Å². The molecule has 0 aromatic heterocycles. The van der Waals surface area contributed by atoms with E-state index >= 15 is 0 Å². The molecule has 0 aromatic carbocycles. The minimum absolute atomic E-state index is 0.163. The Morgan fingerprint density at radius 3 is 2.16 bits per heavy atom. The number of imide groups is 1. The standard InChI is InChI=1S/C7H11N3O2.C2HF3O2/c11-6-1-2-10(7(12)9-6)5-3-8-4-5;3-2(4,5)1(6)7/h5,8H,1-4H2,(H,9,11,12);(H,6,7). The second-order valence-electron chi connectivity index (χ2n) is 3.91. The first kappa shape index (κ1) is 15.2. The normalized spacial score (nSPS) is 20.1. The van der Waals surface area contributed by atoms with Gasteiger partial charge in [0.15, 0.2) is 0 Å². The Labute approximate surface area is 105 Å². The van der Waals surface area contributed by atoms with Gasteiger partial charge in [-0.25, -0.2) is 9.59 Å². The fraction of sp³-hybridized carbons (Fsp3) is 0.667. The van der Waals surface area contributed by atoms with Gasteiger partial charge in [0.25, 0.3) is 0 Å². The van der Waals surface area contributed by atoms with Gasteiger partial charge in [-0.05, 0) is 0 Å². The maximum atomic E-state index is 11.2. The molecular formula is C9H12F3N3O4. The zero-order valence-corrected chi connectivity index (χ0v) is 9.66. The zero-order chi connectivity index (χ0) is 14.6. The summed E-state index contributed by atoms with van der Waals surface area (Å²) in [5, 5.41) is 12.5. The third kappa shape index (κ3) is 4.39. The molecule has 108 valence electrons. The Bertz CT molecular complexity index is 381. The lowest BCUT2D eigenvalue weighted by atomic mass is 10.1. The lowest BCUT2D eigenvalue weighted by molar-refractivity contribution is -0.192. The van der Waals surface area contributed by atoms with E-state index in [-0.39, 0.29) is 18.0 Å². The van der Waals surface area contributed by atoms with Crippen LogP contribution >= 0.6 is 0 Å². The number of halogens is 3. The number of rotatable bonds is 1. The number of amides is 3. The summed E-state index contributed by atoms with van der Waals surface area (Å²) in [6.45, 7) is 2.26. The van der Waals surface area contributed by atoms with Gasteiger partial charge < -0.3 is 15.3 Å². The van der Waals surface area contributed by atoms with Gasteiger partial charge >= 0.3 is 18.2 Å². The molecule has 10 heteroatoms. The lowest BCUT2D eigenvalue weighted by Gasteiger charge is -2.39. The molecule has 0 bridgehead atoms. The average molecular weight is 283 g/mol. The number of carbonyl (C=O) groups is 3. The third-order valence-corrected chi connectivity index (χ3v) is 2.53. The molecule has 0 saturated carbocycles. The highest BCUT2D eigenvalue weighted by molar-refractivity contribution is 5.96. The fourth-order valence-corrected chi connectivity index (χ4v) is 1.42. The minimum atomic E-state index is -5.08. The van der Waals surface area contributed by atoms with E-state index in [1.807, 2.05) is 0 Å². The summed E-state index contributed by atoms with van der Waals surface area (Å²) < 4.78 is 31.7. The Hall–Kier alpha value is -1.84. The fourth-order valence-electron chi connectivity index (χ4n) is 1.42. The van der Waals surface area contributed by atoms with Crippen LogP contribution in [0.15, 0.2) is 0 Å². The number of carboxylic acids is 1. The molecule has 0 spiro atoms. The Balaban J connectivity index is 0.000000224. The van der Waals surface area contributed by atoms with Crippen molar-refractivity contribution >= 4 is 17.9 Å². The summed E-state index contributed by atoms with van der Waals surface area (Å²) in [6, 6.07) is 0.0517. The second kappa shape index (κ2) is 5.87. The van der Waals surface area contributed by atoms with Gasteiger partial charge in [-0.2, -0.15) is 13.2 Å². The number of carbonyl (C=O) groups excluding carboxylic acids is 2. The lowest BCUT2D eigenvalue weighted by Crippen LogP contribution is -2.63. The van der Waals surface area contributed by atoms with Crippen molar-refractivity contribution in [2.45, 2.75) is 18.6 Å². The predicted octanol–water partition coefficient (Wildman–Crippen LogP) is -0.467. The molecule has 2 fully saturated rings. The van der Waals surface area contributed by atoms with Gasteiger partial charge in [-0.3, -0.25) is 10.1 Å². The van der Waals surface area contributed by atoms with Crippen molar-refractivity contribution in [2.75, 3.05) is 19.6 Å². The van der Waals surface area contributed by atoms with E-state index in [0.717, 1.165) is 13.1 Å². The first-order chi connectivity index (χ1) is 8.71. The van der Waals surface area contributed by atoms with Crippen LogP contribution in [0.2, 0.25) is 0 Å². The molecule has 0 aliphatic carbocycles. The monoisotopic (exact) mass is 283 g/mol.